The molecule has 0 spiro atoms. The second-order valence-corrected chi connectivity index (χ2v) is 6.27. The molecule has 19 heavy (non-hydrogen) atoms. The zero-order valence-corrected chi connectivity index (χ0v) is 13.0. The summed E-state index contributed by atoms with van der Waals surface area (Å²) in [5.41, 5.74) is 1.26. The van der Waals surface area contributed by atoms with E-state index in [1.807, 2.05) is 12.1 Å². The van der Waals surface area contributed by atoms with E-state index in [9.17, 15) is 0 Å². The number of anilines is 1. The van der Waals surface area contributed by atoms with Crippen LogP contribution in [-0.4, -0.2) is 25.2 Å². The quantitative estimate of drug-likeness (QED) is 0.899. The summed E-state index contributed by atoms with van der Waals surface area (Å²) in [5.74, 6) is 0.633. The van der Waals surface area contributed by atoms with Gasteiger partial charge in [-0.2, -0.15) is 0 Å². The van der Waals surface area contributed by atoms with Gasteiger partial charge in [0.2, 0.25) is 0 Å². The molecule has 1 aromatic rings. The summed E-state index contributed by atoms with van der Waals surface area (Å²) in [4.78, 5) is 2.54. The largest absolute Gasteiger partial charge is 0.365 e. The highest BCUT2D eigenvalue weighted by Gasteiger charge is 2.29. The third-order valence-electron chi connectivity index (χ3n) is 3.98. The second kappa shape index (κ2) is 6.62. The summed E-state index contributed by atoms with van der Waals surface area (Å²) < 4.78 is 0. The van der Waals surface area contributed by atoms with Crippen LogP contribution in [0.15, 0.2) is 24.3 Å². The Morgan fingerprint density at radius 2 is 2.21 bits per heavy atom. The van der Waals surface area contributed by atoms with Gasteiger partial charge in [-0.3, -0.25) is 0 Å². The number of hydrogen-bond acceptors (Lipinski definition) is 2. The predicted octanol–water partition coefficient (Wildman–Crippen LogP) is 3.94. The molecule has 2 unspecified atom stereocenters. The first-order chi connectivity index (χ1) is 9.11. The van der Waals surface area contributed by atoms with Gasteiger partial charge in [-0.05, 0) is 30.5 Å². The maximum Gasteiger partial charge on any atom is 0.0438 e. The molecule has 2 rings (SSSR count). The van der Waals surface area contributed by atoms with Crippen molar-refractivity contribution < 1.29 is 0 Å². The highest BCUT2D eigenvalue weighted by atomic mass is 35.5. The topological polar surface area (TPSA) is 15.3 Å². The molecular formula is C16H25ClN2. The van der Waals surface area contributed by atoms with Crippen LogP contribution in [0, 0.1) is 5.92 Å². The number of halogens is 1. The molecule has 0 radical (unpaired) electrons. The molecule has 1 heterocycles. The first kappa shape index (κ1) is 14.7. The van der Waals surface area contributed by atoms with Gasteiger partial charge < -0.3 is 10.2 Å². The Morgan fingerprint density at radius 1 is 1.42 bits per heavy atom. The van der Waals surface area contributed by atoms with Crippen molar-refractivity contribution in [1.29, 1.82) is 0 Å². The van der Waals surface area contributed by atoms with E-state index in [1.165, 1.54) is 18.5 Å². The van der Waals surface area contributed by atoms with Crippen LogP contribution < -0.4 is 10.2 Å². The van der Waals surface area contributed by atoms with Crippen molar-refractivity contribution in [3.8, 4) is 0 Å². The second-order valence-electron chi connectivity index (χ2n) is 5.84. The predicted molar refractivity (Wildman–Crippen MR) is 84.1 cm³/mol. The lowest BCUT2D eigenvalue weighted by Crippen LogP contribution is -2.58. The monoisotopic (exact) mass is 280 g/mol. The molecule has 0 bridgehead atoms. The van der Waals surface area contributed by atoms with E-state index in [1.54, 1.807) is 0 Å². The van der Waals surface area contributed by atoms with E-state index in [0.717, 1.165) is 18.1 Å². The van der Waals surface area contributed by atoms with Gasteiger partial charge in [-0.25, -0.2) is 0 Å². The van der Waals surface area contributed by atoms with Crippen LogP contribution in [-0.2, 0) is 0 Å². The summed E-state index contributed by atoms with van der Waals surface area (Å²) in [6.45, 7) is 8.99. The lowest BCUT2D eigenvalue weighted by Gasteiger charge is -2.44. The third-order valence-corrected chi connectivity index (χ3v) is 4.21. The van der Waals surface area contributed by atoms with Crippen molar-refractivity contribution in [3.05, 3.63) is 29.3 Å². The molecule has 1 fully saturated rings. The van der Waals surface area contributed by atoms with E-state index in [4.69, 9.17) is 11.6 Å². The number of nitrogens with one attached hydrogen (secondary N) is 1. The first-order valence-corrected chi connectivity index (χ1v) is 7.75. The van der Waals surface area contributed by atoms with Gasteiger partial charge in [-0.1, -0.05) is 44.9 Å². The van der Waals surface area contributed by atoms with Gasteiger partial charge in [0.15, 0.2) is 0 Å². The zero-order valence-electron chi connectivity index (χ0n) is 12.2. The first-order valence-electron chi connectivity index (χ1n) is 7.37. The highest BCUT2D eigenvalue weighted by Crippen LogP contribution is 2.26. The lowest BCUT2D eigenvalue weighted by molar-refractivity contribution is 0.327. The smallest absolute Gasteiger partial charge is 0.0438 e. The lowest BCUT2D eigenvalue weighted by atomic mass is 9.96. The van der Waals surface area contributed by atoms with E-state index in [2.05, 4.69) is 43.1 Å². The number of hydrogen-bond donors (Lipinski definition) is 1. The molecule has 0 aliphatic carbocycles. The number of nitrogens with zero attached hydrogens (tertiary/aromatic N) is 1. The summed E-state index contributed by atoms with van der Waals surface area (Å²) in [7, 11) is 0. The molecule has 1 aromatic carbocycles. The Bertz CT molecular complexity index is 405. The van der Waals surface area contributed by atoms with Crippen LogP contribution in [0.4, 0.5) is 5.69 Å². The maximum atomic E-state index is 6.15. The maximum absolute atomic E-state index is 6.15. The Labute approximate surface area is 122 Å². The van der Waals surface area contributed by atoms with E-state index in [-0.39, 0.29) is 0 Å². The molecule has 2 atom stereocenters. The van der Waals surface area contributed by atoms with Crippen LogP contribution in [0.25, 0.3) is 0 Å². The average molecular weight is 281 g/mol. The van der Waals surface area contributed by atoms with Gasteiger partial charge in [0, 0.05) is 35.9 Å². The van der Waals surface area contributed by atoms with Crippen LogP contribution >= 0.6 is 11.6 Å². The average Bonchev–Trinajstić information content (AvgIpc) is 2.39. The van der Waals surface area contributed by atoms with Gasteiger partial charge in [0.05, 0.1) is 0 Å². The van der Waals surface area contributed by atoms with E-state index >= 15 is 0 Å². The Kier molecular flexibility index (Phi) is 5.12. The molecule has 1 aliphatic rings. The fourth-order valence-electron chi connectivity index (χ4n) is 2.92. The normalized spacial score (nSPS) is 23.9. The van der Waals surface area contributed by atoms with Crippen molar-refractivity contribution in [2.45, 2.75) is 45.7 Å². The summed E-state index contributed by atoms with van der Waals surface area (Å²) >= 11 is 6.15. The molecule has 106 valence electrons. The van der Waals surface area contributed by atoms with Crippen LogP contribution in [0.1, 0.15) is 33.6 Å². The molecule has 1 aliphatic heterocycles. The van der Waals surface area contributed by atoms with Crippen LogP contribution in [0.3, 0.4) is 0 Å². The summed E-state index contributed by atoms with van der Waals surface area (Å²) in [5, 5.41) is 4.52. The minimum Gasteiger partial charge on any atom is -0.365 e. The molecule has 0 amide bonds. The van der Waals surface area contributed by atoms with Crippen LogP contribution in [0.5, 0.6) is 0 Å². The Morgan fingerprint density at radius 3 is 2.84 bits per heavy atom. The molecule has 1 N–H and O–H groups in total. The number of rotatable bonds is 4. The minimum atomic E-state index is 0.548. The fraction of sp³-hybridized carbons (Fsp3) is 0.625. The summed E-state index contributed by atoms with van der Waals surface area (Å²) in [6, 6.07) is 9.40. The van der Waals surface area contributed by atoms with Gasteiger partial charge in [0.25, 0.3) is 0 Å². The van der Waals surface area contributed by atoms with Crippen molar-refractivity contribution in [3.63, 3.8) is 0 Å². The SMILES string of the molecule is CCCC1CN(c2cccc(Cl)c2)C(C(C)C)CN1. The fourth-order valence-corrected chi connectivity index (χ4v) is 3.11. The van der Waals surface area contributed by atoms with Crippen molar-refractivity contribution in [2.75, 3.05) is 18.0 Å². The third kappa shape index (κ3) is 3.64. The zero-order chi connectivity index (χ0) is 13.8. The molecular weight excluding hydrogens is 256 g/mol. The van der Waals surface area contributed by atoms with Crippen molar-refractivity contribution >= 4 is 17.3 Å². The minimum absolute atomic E-state index is 0.548. The number of piperazine rings is 1. The van der Waals surface area contributed by atoms with Crippen LogP contribution in [0.2, 0.25) is 5.02 Å². The molecule has 2 nitrogen and oxygen atoms in total. The standard InChI is InChI=1S/C16H25ClN2/c1-4-6-14-11-19(16(10-18-14)12(2)3)15-8-5-7-13(17)9-15/h5,7-9,12,14,16,18H,4,6,10-11H2,1-3H3. The molecule has 3 heteroatoms. The van der Waals surface area contributed by atoms with Gasteiger partial charge >= 0.3 is 0 Å². The highest BCUT2D eigenvalue weighted by molar-refractivity contribution is 6.30. The molecule has 0 saturated carbocycles. The Balaban J connectivity index is 2.20. The van der Waals surface area contributed by atoms with Gasteiger partial charge in [0.1, 0.15) is 0 Å². The van der Waals surface area contributed by atoms with Crippen molar-refractivity contribution in [1.82, 2.24) is 5.32 Å². The number of benzene rings is 1. The summed E-state index contributed by atoms with van der Waals surface area (Å²) in [6.07, 6.45) is 2.47. The molecule has 0 aromatic heterocycles. The Hall–Kier alpha value is -0.730. The van der Waals surface area contributed by atoms with Crippen molar-refractivity contribution in [2.24, 2.45) is 5.92 Å². The molecule has 1 saturated heterocycles. The van der Waals surface area contributed by atoms with Gasteiger partial charge in [-0.15, -0.1) is 0 Å². The van der Waals surface area contributed by atoms with E-state index < -0.39 is 0 Å². The van der Waals surface area contributed by atoms with E-state index in [0.29, 0.717) is 18.0 Å².